The van der Waals surface area contributed by atoms with Gasteiger partial charge in [0.2, 0.25) is 10.0 Å². The molecule has 1 fully saturated rings. The second-order valence-corrected chi connectivity index (χ2v) is 15.2. The number of nitrogens with one attached hydrogen (secondary N) is 3. The first kappa shape index (κ1) is 37.4. The van der Waals surface area contributed by atoms with Gasteiger partial charge in [0.15, 0.2) is 5.69 Å². The maximum Gasteiger partial charge on any atom is 0.435 e. The number of anilines is 1. The van der Waals surface area contributed by atoms with E-state index in [1.165, 1.54) is 42.7 Å². The third-order valence-corrected chi connectivity index (χ3v) is 8.81. The molecule has 0 saturated heterocycles. The molecule has 51 heavy (non-hydrogen) atoms. The third kappa shape index (κ3) is 9.70. The van der Waals surface area contributed by atoms with Crippen molar-refractivity contribution in [3.05, 3.63) is 107 Å². The third-order valence-electron chi connectivity index (χ3n) is 8.09. The van der Waals surface area contributed by atoms with Gasteiger partial charge in [0.1, 0.15) is 17.1 Å². The van der Waals surface area contributed by atoms with Crippen molar-refractivity contribution in [2.45, 2.75) is 70.3 Å². The summed E-state index contributed by atoms with van der Waals surface area (Å²) in [6.07, 6.45) is 1.31. The first-order valence-electron chi connectivity index (χ1n) is 16.1. The number of hydrogen-bond acceptors (Lipinski definition) is 7. The molecule has 0 aliphatic heterocycles. The van der Waals surface area contributed by atoms with Gasteiger partial charge < -0.3 is 15.4 Å². The number of alkyl halides is 3. The molecular weight excluding hydrogens is 692 g/mol. The van der Waals surface area contributed by atoms with Crippen LogP contribution in [0, 0.1) is 11.7 Å². The lowest BCUT2D eigenvalue weighted by Crippen LogP contribution is -2.46. The van der Waals surface area contributed by atoms with Gasteiger partial charge >= 0.3 is 12.3 Å². The molecule has 1 aliphatic rings. The number of carbonyl (C=O) groups is 2. The number of hydrogen-bond donors (Lipinski definition) is 3. The van der Waals surface area contributed by atoms with Crippen LogP contribution >= 0.6 is 0 Å². The fraction of sp³-hybridized carbons (Fsp3) is 0.371. The highest BCUT2D eigenvalue weighted by molar-refractivity contribution is 7.88. The van der Waals surface area contributed by atoms with Crippen LogP contribution in [0.25, 0.3) is 5.69 Å². The molecule has 0 bridgehead atoms. The largest absolute Gasteiger partial charge is 0.444 e. The van der Waals surface area contributed by atoms with Gasteiger partial charge in [-0.3, -0.25) is 9.78 Å². The van der Waals surface area contributed by atoms with E-state index in [0.717, 1.165) is 29.8 Å². The zero-order valence-electron chi connectivity index (χ0n) is 28.3. The highest BCUT2D eigenvalue weighted by atomic mass is 32.2. The Bertz CT molecular complexity index is 2010. The van der Waals surface area contributed by atoms with Gasteiger partial charge in [-0.15, -0.1) is 0 Å². The maximum absolute atomic E-state index is 15.4. The van der Waals surface area contributed by atoms with Crippen molar-refractivity contribution in [1.82, 2.24) is 24.8 Å². The molecule has 1 saturated carbocycles. The number of sulfonamides is 1. The van der Waals surface area contributed by atoms with E-state index in [-0.39, 0.29) is 12.2 Å². The zero-order valence-corrected chi connectivity index (χ0v) is 29.2. The maximum atomic E-state index is 15.4. The number of carbonyl (C=O) groups excluding carboxylic acids is 2. The highest BCUT2D eigenvalue weighted by Crippen LogP contribution is 2.42. The summed E-state index contributed by atoms with van der Waals surface area (Å²) in [5, 5.41) is 8.59. The minimum absolute atomic E-state index is 0.0445. The predicted molar refractivity (Wildman–Crippen MR) is 181 cm³/mol. The molecule has 2 amide bonds. The molecule has 1 aliphatic carbocycles. The van der Waals surface area contributed by atoms with Crippen molar-refractivity contribution in [1.29, 1.82) is 0 Å². The van der Waals surface area contributed by atoms with Crippen LogP contribution in [0.4, 0.5) is 28.0 Å². The SMILES string of the molecule is CC(C)(C)OC(=O)NCc1cccc(-n2nc(C(F)(F)F)cc2C(=O)Nc2cc([C@@](CCC3CC3)(NS(C)(=O)=O)c3ccncc3)ccc2F)c1. The molecule has 2 aromatic heterocycles. The first-order valence-corrected chi connectivity index (χ1v) is 18.0. The number of amides is 2. The molecule has 5 rings (SSSR count). The molecule has 3 N–H and O–H groups in total. The lowest BCUT2D eigenvalue weighted by molar-refractivity contribution is -0.141. The Morgan fingerprint density at radius 2 is 1.69 bits per heavy atom. The number of rotatable bonds is 12. The van der Waals surface area contributed by atoms with Crippen molar-refractivity contribution < 1.29 is 40.3 Å². The summed E-state index contributed by atoms with van der Waals surface area (Å²) < 4.78 is 91.4. The van der Waals surface area contributed by atoms with Gasteiger partial charge in [-0.05, 0) is 92.6 Å². The summed E-state index contributed by atoms with van der Waals surface area (Å²) in [4.78, 5) is 29.9. The quantitative estimate of drug-likeness (QED) is 0.138. The summed E-state index contributed by atoms with van der Waals surface area (Å²) in [6.45, 7) is 5.03. The van der Waals surface area contributed by atoms with Gasteiger partial charge in [-0.2, -0.15) is 18.3 Å². The molecule has 0 radical (unpaired) electrons. The van der Waals surface area contributed by atoms with Crippen LogP contribution < -0.4 is 15.4 Å². The van der Waals surface area contributed by atoms with Crippen LogP contribution in [0.5, 0.6) is 0 Å². The number of benzene rings is 2. The topological polar surface area (TPSA) is 144 Å². The fourth-order valence-electron chi connectivity index (χ4n) is 5.64. The molecule has 2 heterocycles. The van der Waals surface area contributed by atoms with Gasteiger partial charge in [0.05, 0.1) is 23.2 Å². The molecule has 272 valence electrons. The number of ether oxygens (including phenoxy) is 1. The summed E-state index contributed by atoms with van der Waals surface area (Å²) in [7, 11) is -3.86. The van der Waals surface area contributed by atoms with Gasteiger partial charge in [-0.1, -0.05) is 31.0 Å². The Morgan fingerprint density at radius 3 is 2.31 bits per heavy atom. The van der Waals surface area contributed by atoms with E-state index in [1.807, 2.05) is 0 Å². The minimum Gasteiger partial charge on any atom is -0.444 e. The van der Waals surface area contributed by atoms with Crippen molar-refractivity contribution in [3.8, 4) is 5.69 Å². The summed E-state index contributed by atoms with van der Waals surface area (Å²) in [5.74, 6) is -1.63. The summed E-state index contributed by atoms with van der Waals surface area (Å²) in [6, 6.07) is 13.5. The Morgan fingerprint density at radius 1 is 0.980 bits per heavy atom. The normalized spacial score (nSPS) is 14.8. The van der Waals surface area contributed by atoms with E-state index in [0.29, 0.717) is 41.5 Å². The average Bonchev–Trinajstić information content (AvgIpc) is 3.76. The van der Waals surface area contributed by atoms with E-state index in [9.17, 15) is 31.2 Å². The van der Waals surface area contributed by atoms with Crippen molar-refractivity contribution in [3.63, 3.8) is 0 Å². The van der Waals surface area contributed by atoms with Crippen LogP contribution in [0.3, 0.4) is 0 Å². The highest BCUT2D eigenvalue weighted by Gasteiger charge is 2.40. The zero-order chi connectivity index (χ0) is 37.2. The van der Waals surface area contributed by atoms with Crippen LogP contribution in [0.2, 0.25) is 0 Å². The van der Waals surface area contributed by atoms with Crippen molar-refractivity contribution >= 4 is 27.7 Å². The van der Waals surface area contributed by atoms with E-state index >= 15 is 4.39 Å². The van der Waals surface area contributed by atoms with Gasteiger partial charge in [0, 0.05) is 25.0 Å². The molecule has 0 unspecified atom stereocenters. The monoisotopic (exact) mass is 730 g/mol. The Labute approximate surface area is 292 Å². The van der Waals surface area contributed by atoms with Crippen LogP contribution in [-0.4, -0.2) is 47.0 Å². The molecule has 2 aromatic carbocycles. The second-order valence-electron chi connectivity index (χ2n) is 13.5. The molecule has 16 heteroatoms. The first-order chi connectivity index (χ1) is 23.8. The molecular formula is C35H38F4N6O5S. The molecule has 4 aromatic rings. The van der Waals surface area contributed by atoms with Crippen molar-refractivity contribution in [2.75, 3.05) is 11.6 Å². The average molecular weight is 731 g/mol. The lowest BCUT2D eigenvalue weighted by atomic mass is 9.79. The van der Waals surface area contributed by atoms with Gasteiger partial charge in [0.25, 0.3) is 5.91 Å². The van der Waals surface area contributed by atoms with E-state index < -0.39 is 62.2 Å². The van der Waals surface area contributed by atoms with Gasteiger partial charge in [-0.25, -0.2) is 27.0 Å². The molecule has 0 spiro atoms. The lowest BCUT2D eigenvalue weighted by Gasteiger charge is -2.36. The van der Waals surface area contributed by atoms with Crippen LogP contribution in [0.15, 0.2) is 73.1 Å². The Kier molecular flexibility index (Phi) is 10.6. The summed E-state index contributed by atoms with van der Waals surface area (Å²) >= 11 is 0. The Balaban J connectivity index is 1.51. The number of alkyl carbamates (subject to hydrolysis) is 1. The number of pyridine rings is 1. The Hall–Kier alpha value is -4.83. The van der Waals surface area contributed by atoms with E-state index in [2.05, 4.69) is 25.4 Å². The van der Waals surface area contributed by atoms with Crippen molar-refractivity contribution in [2.24, 2.45) is 5.92 Å². The second kappa shape index (κ2) is 14.4. The number of aromatic nitrogens is 3. The number of halogens is 4. The summed E-state index contributed by atoms with van der Waals surface area (Å²) in [5.41, 5.74) is -3.11. The fourth-order valence-corrected chi connectivity index (χ4v) is 6.61. The minimum atomic E-state index is -4.93. The van der Waals surface area contributed by atoms with Crippen LogP contribution in [-0.2, 0) is 33.0 Å². The van der Waals surface area contributed by atoms with E-state index in [1.54, 1.807) is 39.0 Å². The van der Waals surface area contributed by atoms with Crippen LogP contribution in [0.1, 0.15) is 79.3 Å². The smallest absolute Gasteiger partial charge is 0.435 e. The predicted octanol–water partition coefficient (Wildman–Crippen LogP) is 6.69. The van der Waals surface area contributed by atoms with E-state index in [4.69, 9.17) is 4.74 Å². The molecule has 1 atom stereocenters. The molecule has 11 nitrogen and oxygen atoms in total. The number of nitrogens with zero attached hydrogens (tertiary/aromatic N) is 3. The standard InChI is InChI=1S/C35H38F4N6O5S/c1-33(2,3)50-32(47)41-21-23-6-5-7-26(18-23)45-29(20-30(43-45)35(37,38)39)31(46)42-28-19-25(10-11-27(28)36)34(44-51(4,48)49,15-12-22-8-9-22)24-13-16-40-17-14-24/h5-7,10-11,13-14,16-20,22,44H,8-9,12,15,21H2,1-4H3,(H,41,47)(H,42,46)/t34-/m0/s1.